The molecule has 5 aromatic rings. The standard InChI is InChI=1S/C37H41N5/c1-23-20-27(5)33-31(21-23)40-17-16-29(34(40)35-38-30(22-41(33)35)32-25(3)13-11-14-26(32)4)37(6,7)42-19-18-39(8)36(42)28-15-10-9-12-24(28)2/h9-10,12-13,15-16,18-22H,11,14,17H2,1-8H3/q+2. The Hall–Kier alpha value is -4.25. The van der Waals surface area contributed by atoms with Crippen LogP contribution in [-0.2, 0) is 19.1 Å². The average molecular weight is 556 g/mol. The predicted molar refractivity (Wildman–Crippen MR) is 171 cm³/mol. The number of rotatable bonds is 4. The number of benzene rings is 2. The summed E-state index contributed by atoms with van der Waals surface area (Å²) >= 11 is 0. The van der Waals surface area contributed by atoms with Crippen molar-refractivity contribution in [1.29, 1.82) is 0 Å². The summed E-state index contributed by atoms with van der Waals surface area (Å²) in [6.45, 7) is 16.7. The summed E-state index contributed by atoms with van der Waals surface area (Å²) in [5.41, 5.74) is 16.0. The zero-order chi connectivity index (χ0) is 29.5. The lowest BCUT2D eigenvalue weighted by Crippen LogP contribution is -2.39. The summed E-state index contributed by atoms with van der Waals surface area (Å²) in [5.74, 6) is 1.20. The molecule has 3 aromatic heterocycles. The minimum absolute atomic E-state index is 0.327. The van der Waals surface area contributed by atoms with Gasteiger partial charge in [0, 0.05) is 17.8 Å². The Morgan fingerprint density at radius 3 is 2.50 bits per heavy atom. The number of fused-ring (bicyclic) bond motifs is 6. The number of nitrogens with zero attached hydrogens (tertiary/aromatic N) is 5. The molecule has 7 rings (SSSR count). The van der Waals surface area contributed by atoms with Crippen LogP contribution in [0.4, 0.5) is 0 Å². The molecule has 0 saturated heterocycles. The van der Waals surface area contributed by atoms with E-state index in [9.17, 15) is 0 Å². The summed E-state index contributed by atoms with van der Waals surface area (Å²) in [5, 5.41) is 0. The molecule has 0 spiro atoms. The number of hydrogen-bond donors (Lipinski definition) is 0. The van der Waals surface area contributed by atoms with Crippen LogP contribution in [-0.4, -0.2) is 14.0 Å². The molecular formula is C37H41N5+2. The van der Waals surface area contributed by atoms with Crippen LogP contribution < -0.4 is 9.13 Å². The Labute approximate surface area is 248 Å². The average Bonchev–Trinajstić information content (AvgIpc) is 3.66. The highest BCUT2D eigenvalue weighted by Crippen LogP contribution is 2.41. The molecule has 0 N–H and O–H groups in total. The molecule has 2 aromatic carbocycles. The molecular weight excluding hydrogens is 514 g/mol. The monoisotopic (exact) mass is 555 g/mol. The lowest BCUT2D eigenvalue weighted by atomic mass is 9.90. The van der Waals surface area contributed by atoms with E-state index in [4.69, 9.17) is 4.98 Å². The van der Waals surface area contributed by atoms with Crippen LogP contribution in [0.25, 0.3) is 39.2 Å². The highest BCUT2D eigenvalue weighted by Gasteiger charge is 2.44. The van der Waals surface area contributed by atoms with Crippen molar-refractivity contribution in [1.82, 2.24) is 14.0 Å². The zero-order valence-electron chi connectivity index (χ0n) is 26.2. The first-order valence-electron chi connectivity index (χ1n) is 15.2. The van der Waals surface area contributed by atoms with E-state index in [2.05, 4.69) is 141 Å². The highest BCUT2D eigenvalue weighted by molar-refractivity contribution is 5.88. The van der Waals surface area contributed by atoms with Crippen LogP contribution in [0, 0.1) is 20.8 Å². The van der Waals surface area contributed by atoms with E-state index in [0.717, 1.165) is 30.7 Å². The van der Waals surface area contributed by atoms with Gasteiger partial charge in [-0.05, 0) is 95.7 Å². The smallest absolute Gasteiger partial charge is 0.288 e. The van der Waals surface area contributed by atoms with E-state index < -0.39 is 0 Å². The van der Waals surface area contributed by atoms with E-state index in [0.29, 0.717) is 0 Å². The lowest BCUT2D eigenvalue weighted by Gasteiger charge is -2.24. The van der Waals surface area contributed by atoms with Crippen molar-refractivity contribution >= 4 is 27.8 Å². The van der Waals surface area contributed by atoms with Crippen LogP contribution in [0.1, 0.15) is 68.6 Å². The molecule has 4 heterocycles. The molecule has 0 saturated carbocycles. The molecule has 0 unspecified atom stereocenters. The maximum absolute atomic E-state index is 5.47. The van der Waals surface area contributed by atoms with E-state index in [-0.39, 0.29) is 5.54 Å². The highest BCUT2D eigenvalue weighted by atomic mass is 15.2. The molecule has 0 atom stereocenters. The van der Waals surface area contributed by atoms with Crippen molar-refractivity contribution in [3.05, 3.63) is 106 Å². The van der Waals surface area contributed by atoms with Gasteiger partial charge in [-0.2, -0.15) is 4.57 Å². The topological polar surface area (TPSA) is 30.0 Å². The summed E-state index contributed by atoms with van der Waals surface area (Å²) in [4.78, 5) is 5.47. The van der Waals surface area contributed by atoms with Gasteiger partial charge in [0.25, 0.3) is 11.5 Å². The van der Waals surface area contributed by atoms with Crippen molar-refractivity contribution < 1.29 is 9.13 Å². The maximum atomic E-state index is 5.47. The fourth-order valence-electron chi connectivity index (χ4n) is 7.50. The third-order valence-corrected chi connectivity index (χ3v) is 9.57. The van der Waals surface area contributed by atoms with Gasteiger partial charge < -0.3 is 0 Å². The molecule has 42 heavy (non-hydrogen) atoms. The second-order valence-corrected chi connectivity index (χ2v) is 12.9. The zero-order valence-corrected chi connectivity index (χ0v) is 26.2. The first-order chi connectivity index (χ1) is 20.1. The molecule has 0 amide bonds. The molecule has 5 nitrogen and oxygen atoms in total. The number of aromatic nitrogens is 5. The fourth-order valence-corrected chi connectivity index (χ4v) is 7.50. The van der Waals surface area contributed by atoms with Crippen molar-refractivity contribution in [2.24, 2.45) is 7.05 Å². The molecule has 212 valence electrons. The second-order valence-electron chi connectivity index (χ2n) is 12.9. The van der Waals surface area contributed by atoms with Crippen molar-refractivity contribution in [3.8, 4) is 11.4 Å². The Morgan fingerprint density at radius 2 is 1.74 bits per heavy atom. The number of hydrogen-bond acceptors (Lipinski definition) is 1. The molecule has 0 fully saturated rings. The fraction of sp³-hybridized carbons (Fsp3) is 0.324. The van der Waals surface area contributed by atoms with E-state index in [1.54, 1.807) is 0 Å². The van der Waals surface area contributed by atoms with Gasteiger partial charge in [0.15, 0.2) is 6.54 Å². The van der Waals surface area contributed by atoms with E-state index in [1.807, 2.05) is 0 Å². The molecule has 1 aliphatic carbocycles. The van der Waals surface area contributed by atoms with Crippen LogP contribution >= 0.6 is 0 Å². The number of allylic oxidation sites excluding steroid dienone is 6. The van der Waals surface area contributed by atoms with E-state index >= 15 is 0 Å². The minimum Gasteiger partial charge on any atom is -0.288 e. The minimum atomic E-state index is -0.327. The van der Waals surface area contributed by atoms with Gasteiger partial charge in [-0.3, -0.25) is 4.40 Å². The summed E-state index contributed by atoms with van der Waals surface area (Å²) in [7, 11) is 2.15. The molecule has 2 aliphatic rings. The van der Waals surface area contributed by atoms with Crippen molar-refractivity contribution in [2.45, 2.75) is 73.4 Å². The SMILES string of the molecule is CC1=CCCC(C)=C1c1cn2c(n1)c1[n+](c3cc(C)cc(C)c32)CC=C1C(C)(C)n1cc[n+](C)c1-c1ccccc1C. The van der Waals surface area contributed by atoms with Crippen LogP contribution in [0.15, 0.2) is 78.3 Å². The first-order valence-corrected chi connectivity index (χ1v) is 15.2. The van der Waals surface area contributed by atoms with Crippen LogP contribution in [0.2, 0.25) is 0 Å². The molecule has 5 heteroatoms. The molecule has 0 radical (unpaired) electrons. The second kappa shape index (κ2) is 9.38. The van der Waals surface area contributed by atoms with Gasteiger partial charge in [0.1, 0.15) is 23.4 Å². The van der Waals surface area contributed by atoms with Gasteiger partial charge in [-0.1, -0.05) is 35.9 Å². The molecule has 0 bridgehead atoms. The predicted octanol–water partition coefficient (Wildman–Crippen LogP) is 7.34. The van der Waals surface area contributed by atoms with Crippen molar-refractivity contribution in [3.63, 3.8) is 0 Å². The van der Waals surface area contributed by atoms with Crippen LogP contribution in [0.3, 0.4) is 0 Å². The van der Waals surface area contributed by atoms with Gasteiger partial charge in [-0.25, -0.2) is 14.1 Å². The summed E-state index contributed by atoms with van der Waals surface area (Å²) < 4.78 is 9.57. The first kappa shape index (κ1) is 26.6. The Bertz CT molecular complexity index is 2040. The summed E-state index contributed by atoms with van der Waals surface area (Å²) in [6.07, 6.45) is 13.7. The third-order valence-electron chi connectivity index (χ3n) is 9.57. The largest absolute Gasteiger partial charge is 0.289 e. The van der Waals surface area contributed by atoms with Crippen molar-refractivity contribution in [2.75, 3.05) is 0 Å². The summed E-state index contributed by atoms with van der Waals surface area (Å²) in [6, 6.07) is 13.3. The normalized spacial score (nSPS) is 15.5. The maximum Gasteiger partial charge on any atom is 0.289 e. The Morgan fingerprint density at radius 1 is 0.952 bits per heavy atom. The van der Waals surface area contributed by atoms with Gasteiger partial charge in [-0.15, -0.1) is 0 Å². The van der Waals surface area contributed by atoms with Crippen LogP contribution in [0.5, 0.6) is 0 Å². The third kappa shape index (κ3) is 3.79. The van der Waals surface area contributed by atoms with Gasteiger partial charge in [0.2, 0.25) is 11.2 Å². The Balaban J connectivity index is 1.51. The molecule has 1 aliphatic heterocycles. The Kier molecular flexibility index (Phi) is 5.95. The lowest BCUT2D eigenvalue weighted by molar-refractivity contribution is -0.659. The van der Waals surface area contributed by atoms with Gasteiger partial charge in [0.05, 0.1) is 23.9 Å². The quantitative estimate of drug-likeness (QED) is 0.213. The van der Waals surface area contributed by atoms with Gasteiger partial charge >= 0.3 is 0 Å². The number of aryl methyl sites for hydroxylation is 4. The van der Waals surface area contributed by atoms with E-state index in [1.165, 1.54) is 67.1 Å². The number of imidazole rings is 2.